The maximum atomic E-state index is 13.1. The third kappa shape index (κ3) is 5.87. The lowest BCUT2D eigenvalue weighted by Gasteiger charge is -2.14. The molecule has 3 aromatic rings. The largest absolute Gasteiger partial charge is 0.497 e. The van der Waals surface area contributed by atoms with E-state index in [9.17, 15) is 9.59 Å². The second kappa shape index (κ2) is 10.9. The first-order valence-electron chi connectivity index (χ1n) is 11.3. The number of benzene rings is 3. The molecule has 0 radical (unpaired) electrons. The monoisotopic (exact) mass is 534 g/mol. The van der Waals surface area contributed by atoms with E-state index in [2.05, 4.69) is 5.32 Å². The van der Waals surface area contributed by atoms with Gasteiger partial charge in [0.05, 0.1) is 18.6 Å². The molecule has 0 aliphatic carbocycles. The molecule has 3 aromatic carbocycles. The average molecular weight is 535 g/mol. The Labute approximate surface area is 223 Å². The maximum absolute atomic E-state index is 13.1. The van der Waals surface area contributed by atoms with Crippen LogP contribution < -0.4 is 24.3 Å². The normalized spacial score (nSPS) is 15.3. The third-order valence-electron chi connectivity index (χ3n) is 5.53. The topological polar surface area (TPSA) is 86.3 Å². The van der Waals surface area contributed by atoms with Crippen molar-refractivity contribution in [1.82, 2.24) is 4.90 Å². The van der Waals surface area contributed by atoms with Crippen LogP contribution >= 0.6 is 24.0 Å². The van der Waals surface area contributed by atoms with Crippen molar-refractivity contribution in [2.24, 2.45) is 0 Å². The van der Waals surface area contributed by atoms with E-state index in [1.165, 1.54) is 11.8 Å². The molecular weight excluding hydrogens is 512 g/mol. The lowest BCUT2D eigenvalue weighted by Crippen LogP contribution is -2.27. The molecule has 1 saturated heterocycles. The lowest BCUT2D eigenvalue weighted by molar-refractivity contribution is -0.122. The molecule has 2 amide bonds. The molecule has 1 N–H and O–H groups in total. The van der Waals surface area contributed by atoms with E-state index >= 15 is 0 Å². The summed E-state index contributed by atoms with van der Waals surface area (Å²) in [5, 5.41) is 2.77. The highest BCUT2D eigenvalue weighted by Crippen LogP contribution is 2.36. The first-order chi connectivity index (χ1) is 18.0. The van der Waals surface area contributed by atoms with Gasteiger partial charge >= 0.3 is 0 Å². The molecule has 0 spiro atoms. The van der Waals surface area contributed by atoms with Crippen LogP contribution in [-0.2, 0) is 16.1 Å². The summed E-state index contributed by atoms with van der Waals surface area (Å²) in [6.45, 7) is 0.362. The number of nitrogens with zero attached hydrogens (tertiary/aromatic N) is 1. The number of rotatable bonds is 8. The Morgan fingerprint density at radius 2 is 1.89 bits per heavy atom. The molecule has 2 aliphatic heterocycles. The second-order valence-electron chi connectivity index (χ2n) is 8.10. The zero-order chi connectivity index (χ0) is 25.8. The minimum Gasteiger partial charge on any atom is -0.497 e. The van der Waals surface area contributed by atoms with Crippen LogP contribution in [0.15, 0.2) is 71.6 Å². The fraction of sp³-hybridized carbons (Fsp3) is 0.148. The molecule has 0 saturated carbocycles. The maximum Gasteiger partial charge on any atom is 0.266 e. The summed E-state index contributed by atoms with van der Waals surface area (Å²) in [6.07, 6.45) is 1.77. The first kappa shape index (κ1) is 24.7. The summed E-state index contributed by atoms with van der Waals surface area (Å²) >= 11 is 6.72. The Bertz CT molecular complexity index is 1410. The molecule has 1 fully saturated rings. The van der Waals surface area contributed by atoms with Gasteiger partial charge in [0, 0.05) is 11.8 Å². The number of carbonyl (C=O) groups is 2. The predicted octanol–water partition coefficient (Wildman–Crippen LogP) is 4.84. The fourth-order valence-corrected chi connectivity index (χ4v) is 5.01. The quantitative estimate of drug-likeness (QED) is 0.325. The van der Waals surface area contributed by atoms with E-state index in [4.69, 9.17) is 31.2 Å². The van der Waals surface area contributed by atoms with Crippen LogP contribution in [0.1, 0.15) is 11.1 Å². The van der Waals surface area contributed by atoms with Crippen molar-refractivity contribution in [3.05, 3.63) is 82.8 Å². The number of ether oxygens (including phenoxy) is 4. The van der Waals surface area contributed by atoms with Crippen molar-refractivity contribution in [3.8, 4) is 23.0 Å². The Morgan fingerprint density at radius 1 is 1.08 bits per heavy atom. The van der Waals surface area contributed by atoms with Crippen LogP contribution in [0.5, 0.6) is 23.0 Å². The SMILES string of the molecule is COc1cccc(NC(=O)COc2cccc(/C=C3\SC(=S)N(Cc4ccc5c(c4)OCO5)C3=O)c2)c1. The first-order valence-corrected chi connectivity index (χ1v) is 12.5. The molecule has 0 aromatic heterocycles. The van der Waals surface area contributed by atoms with Crippen LogP contribution in [-0.4, -0.2) is 41.5 Å². The summed E-state index contributed by atoms with van der Waals surface area (Å²) in [6, 6.07) is 19.8. The third-order valence-corrected chi connectivity index (χ3v) is 6.91. The van der Waals surface area contributed by atoms with Gasteiger partial charge in [-0.05, 0) is 53.6 Å². The minimum atomic E-state index is -0.303. The zero-order valence-electron chi connectivity index (χ0n) is 19.8. The van der Waals surface area contributed by atoms with Crippen molar-refractivity contribution < 1.29 is 28.5 Å². The predicted molar refractivity (Wildman–Crippen MR) is 145 cm³/mol. The van der Waals surface area contributed by atoms with E-state index in [0.29, 0.717) is 44.5 Å². The van der Waals surface area contributed by atoms with Gasteiger partial charge in [0.1, 0.15) is 15.8 Å². The Kier molecular flexibility index (Phi) is 7.29. The molecule has 2 aliphatic rings. The van der Waals surface area contributed by atoms with Crippen molar-refractivity contribution in [2.45, 2.75) is 6.54 Å². The molecule has 2 heterocycles. The number of thiocarbonyl (C=S) groups is 1. The Balaban J connectivity index is 1.21. The number of hydrogen-bond acceptors (Lipinski definition) is 8. The van der Waals surface area contributed by atoms with E-state index in [1.54, 1.807) is 60.6 Å². The summed E-state index contributed by atoms with van der Waals surface area (Å²) in [7, 11) is 1.56. The molecule has 0 unspecified atom stereocenters. The van der Waals surface area contributed by atoms with Crippen molar-refractivity contribution in [2.75, 3.05) is 25.8 Å². The summed E-state index contributed by atoms with van der Waals surface area (Å²) in [5.74, 6) is 2.03. The number of thioether (sulfide) groups is 1. The lowest BCUT2D eigenvalue weighted by atomic mass is 10.1. The van der Waals surface area contributed by atoms with Crippen LogP contribution in [0, 0.1) is 0 Å². The molecule has 37 heavy (non-hydrogen) atoms. The number of carbonyl (C=O) groups excluding carboxylic acids is 2. The summed E-state index contributed by atoms with van der Waals surface area (Å²) in [4.78, 5) is 27.5. The molecule has 188 valence electrons. The standard InChI is InChI=1S/C27H22N2O6S2/c1-32-20-6-3-5-19(13-20)28-25(30)15-33-21-7-2-4-17(10-21)12-24-26(31)29(27(36)37-24)14-18-8-9-22-23(11-18)35-16-34-22/h2-13H,14-16H2,1H3,(H,28,30)/b24-12-. The highest BCUT2D eigenvalue weighted by atomic mass is 32.2. The van der Waals surface area contributed by atoms with E-state index < -0.39 is 0 Å². The Hall–Kier alpha value is -4.02. The van der Waals surface area contributed by atoms with Gasteiger partial charge in [0.25, 0.3) is 11.8 Å². The highest BCUT2D eigenvalue weighted by Gasteiger charge is 2.32. The molecule has 8 nitrogen and oxygen atoms in total. The molecule has 0 atom stereocenters. The van der Waals surface area contributed by atoms with Gasteiger partial charge in [-0.3, -0.25) is 14.5 Å². The van der Waals surface area contributed by atoms with Gasteiger partial charge < -0.3 is 24.3 Å². The van der Waals surface area contributed by atoms with Gasteiger partial charge in [-0.25, -0.2) is 0 Å². The van der Waals surface area contributed by atoms with Gasteiger partial charge in [-0.1, -0.05) is 48.2 Å². The Morgan fingerprint density at radius 3 is 2.76 bits per heavy atom. The summed E-state index contributed by atoms with van der Waals surface area (Å²) < 4.78 is 22.1. The highest BCUT2D eigenvalue weighted by molar-refractivity contribution is 8.26. The van der Waals surface area contributed by atoms with Crippen LogP contribution in [0.4, 0.5) is 5.69 Å². The zero-order valence-corrected chi connectivity index (χ0v) is 21.4. The van der Waals surface area contributed by atoms with E-state index in [1.807, 2.05) is 24.3 Å². The van der Waals surface area contributed by atoms with E-state index in [0.717, 1.165) is 11.1 Å². The molecular formula is C27H22N2O6S2. The molecule has 10 heteroatoms. The van der Waals surface area contributed by atoms with Crippen molar-refractivity contribution in [3.63, 3.8) is 0 Å². The number of nitrogens with one attached hydrogen (secondary N) is 1. The fourth-order valence-electron chi connectivity index (χ4n) is 3.75. The van der Waals surface area contributed by atoms with Crippen molar-refractivity contribution >= 4 is 51.9 Å². The number of amides is 2. The van der Waals surface area contributed by atoms with Gasteiger partial charge in [0.15, 0.2) is 18.1 Å². The van der Waals surface area contributed by atoms with Crippen molar-refractivity contribution in [1.29, 1.82) is 0 Å². The van der Waals surface area contributed by atoms with Gasteiger partial charge in [-0.15, -0.1) is 0 Å². The molecule has 5 rings (SSSR count). The number of hydrogen-bond donors (Lipinski definition) is 1. The minimum absolute atomic E-state index is 0.168. The van der Waals surface area contributed by atoms with Gasteiger partial charge in [0.2, 0.25) is 6.79 Å². The number of methoxy groups -OCH3 is 1. The average Bonchev–Trinajstić information content (AvgIpc) is 3.47. The smallest absolute Gasteiger partial charge is 0.266 e. The number of fused-ring (bicyclic) bond motifs is 1. The van der Waals surface area contributed by atoms with Gasteiger partial charge in [-0.2, -0.15) is 0 Å². The van der Waals surface area contributed by atoms with Crippen LogP contribution in [0.2, 0.25) is 0 Å². The number of anilines is 1. The van der Waals surface area contributed by atoms with Crippen LogP contribution in [0.25, 0.3) is 6.08 Å². The van der Waals surface area contributed by atoms with E-state index in [-0.39, 0.29) is 25.2 Å². The second-order valence-corrected chi connectivity index (χ2v) is 9.77. The summed E-state index contributed by atoms with van der Waals surface area (Å²) in [5.41, 5.74) is 2.27. The molecule has 0 bridgehead atoms. The van der Waals surface area contributed by atoms with Crippen LogP contribution in [0.3, 0.4) is 0 Å².